The zero-order chi connectivity index (χ0) is 20.9. The molecule has 0 amide bonds. The average Bonchev–Trinajstić information content (AvgIpc) is 3.07. The van der Waals surface area contributed by atoms with Crippen LogP contribution in [0.1, 0.15) is 30.5 Å². The molecule has 9 heteroatoms. The Labute approximate surface area is 174 Å². The van der Waals surface area contributed by atoms with E-state index >= 15 is 0 Å². The molecular formula is C20H24N4O3S2. The van der Waals surface area contributed by atoms with Crippen LogP contribution in [0.3, 0.4) is 0 Å². The van der Waals surface area contributed by atoms with E-state index in [-0.39, 0.29) is 10.6 Å². The number of benzene rings is 2. The number of nitrogens with one attached hydrogen (secondary N) is 2. The monoisotopic (exact) mass is 432 g/mol. The first kappa shape index (κ1) is 21.4. The van der Waals surface area contributed by atoms with Gasteiger partial charge in [-0.25, -0.2) is 23.0 Å². The molecule has 7 nitrogen and oxygen atoms in total. The van der Waals surface area contributed by atoms with Crippen molar-refractivity contribution in [2.75, 3.05) is 5.75 Å². The van der Waals surface area contributed by atoms with Gasteiger partial charge in [0.05, 0.1) is 4.90 Å². The molecule has 29 heavy (non-hydrogen) atoms. The summed E-state index contributed by atoms with van der Waals surface area (Å²) >= 11 is 1.43. The number of aryl methyl sites for hydroxylation is 1. The van der Waals surface area contributed by atoms with E-state index < -0.39 is 16.1 Å². The molecule has 1 aromatic heterocycles. The van der Waals surface area contributed by atoms with Gasteiger partial charge >= 0.3 is 5.69 Å². The highest BCUT2D eigenvalue weighted by Gasteiger charge is 2.21. The van der Waals surface area contributed by atoms with E-state index in [4.69, 9.17) is 0 Å². The fourth-order valence-corrected chi connectivity index (χ4v) is 5.19. The summed E-state index contributed by atoms with van der Waals surface area (Å²) in [7, 11) is -3.66. The standard InChI is InChI=1S/C20H24N4O3S2/c1-3-24-19(25)21-22-20(24)28-14-13-18(16-7-5-4-6-8-16)23-29(26,27)17-11-9-15(2)10-12-17/h4-12,18,23H,3,13-14H2,1-2H3,(H,21,25). The predicted octanol–water partition coefficient (Wildman–Crippen LogP) is 3.10. The number of sulfonamides is 1. The minimum absolute atomic E-state index is 0.240. The van der Waals surface area contributed by atoms with E-state index in [0.717, 1.165) is 11.1 Å². The lowest BCUT2D eigenvalue weighted by Gasteiger charge is -2.19. The van der Waals surface area contributed by atoms with Crippen molar-refractivity contribution in [1.29, 1.82) is 0 Å². The Morgan fingerprint density at radius 1 is 1.14 bits per heavy atom. The van der Waals surface area contributed by atoms with Gasteiger partial charge in [-0.05, 0) is 38.0 Å². The minimum atomic E-state index is -3.66. The molecule has 2 aromatic carbocycles. The Kier molecular flexibility index (Phi) is 6.94. The lowest BCUT2D eigenvalue weighted by Crippen LogP contribution is -2.29. The second kappa shape index (κ2) is 9.43. The highest BCUT2D eigenvalue weighted by atomic mass is 32.2. The molecule has 154 valence electrons. The summed E-state index contributed by atoms with van der Waals surface area (Å²) in [6.45, 7) is 4.32. The topological polar surface area (TPSA) is 96.8 Å². The van der Waals surface area contributed by atoms with Crippen LogP contribution in [0, 0.1) is 6.92 Å². The lowest BCUT2D eigenvalue weighted by molar-refractivity contribution is 0.551. The zero-order valence-corrected chi connectivity index (χ0v) is 18.0. The fraction of sp³-hybridized carbons (Fsp3) is 0.300. The Morgan fingerprint density at radius 2 is 1.83 bits per heavy atom. The summed E-state index contributed by atoms with van der Waals surface area (Å²) in [6, 6.07) is 15.9. The number of nitrogens with zero attached hydrogens (tertiary/aromatic N) is 2. The number of hydrogen-bond acceptors (Lipinski definition) is 5. The van der Waals surface area contributed by atoms with E-state index in [1.807, 2.05) is 44.2 Å². The van der Waals surface area contributed by atoms with Crippen LogP contribution < -0.4 is 10.4 Å². The molecule has 0 spiro atoms. The summed E-state index contributed by atoms with van der Waals surface area (Å²) in [5.41, 5.74) is 1.65. The maximum absolute atomic E-state index is 12.9. The average molecular weight is 433 g/mol. The van der Waals surface area contributed by atoms with E-state index in [1.54, 1.807) is 28.8 Å². The molecule has 0 aliphatic heterocycles. The molecule has 0 saturated carbocycles. The minimum Gasteiger partial charge on any atom is -0.270 e. The molecule has 0 aliphatic rings. The first-order valence-corrected chi connectivity index (χ1v) is 11.8. The van der Waals surface area contributed by atoms with Crippen molar-refractivity contribution in [3.63, 3.8) is 0 Å². The van der Waals surface area contributed by atoms with Crippen molar-refractivity contribution in [2.45, 2.75) is 42.9 Å². The van der Waals surface area contributed by atoms with Gasteiger partial charge in [0, 0.05) is 18.3 Å². The SMILES string of the molecule is CCn1c(SCCC(NS(=O)(=O)c2ccc(C)cc2)c2ccccc2)n[nH]c1=O. The zero-order valence-electron chi connectivity index (χ0n) is 16.3. The fourth-order valence-electron chi connectivity index (χ4n) is 2.91. The van der Waals surface area contributed by atoms with Crippen LogP contribution in [0.5, 0.6) is 0 Å². The summed E-state index contributed by atoms with van der Waals surface area (Å²) < 4.78 is 30.1. The molecule has 0 aliphatic carbocycles. The number of aromatic nitrogens is 3. The van der Waals surface area contributed by atoms with E-state index in [2.05, 4.69) is 14.9 Å². The van der Waals surface area contributed by atoms with Crippen LogP contribution in [0.15, 0.2) is 69.4 Å². The molecule has 0 saturated heterocycles. The third-order valence-corrected chi connectivity index (χ3v) is 7.01. The smallest absolute Gasteiger partial charge is 0.270 e. The largest absolute Gasteiger partial charge is 0.343 e. The molecule has 2 N–H and O–H groups in total. The van der Waals surface area contributed by atoms with Crippen LogP contribution >= 0.6 is 11.8 Å². The van der Waals surface area contributed by atoms with Gasteiger partial charge in [0.15, 0.2) is 5.16 Å². The maximum Gasteiger partial charge on any atom is 0.343 e. The second-order valence-electron chi connectivity index (χ2n) is 6.59. The van der Waals surface area contributed by atoms with Gasteiger partial charge in [-0.3, -0.25) is 4.57 Å². The normalized spacial score (nSPS) is 12.8. The van der Waals surface area contributed by atoms with Gasteiger partial charge in [0.1, 0.15) is 0 Å². The number of H-pyrrole nitrogens is 1. The number of thioether (sulfide) groups is 1. The number of rotatable bonds is 9. The summed E-state index contributed by atoms with van der Waals surface area (Å²) in [6.07, 6.45) is 0.546. The predicted molar refractivity (Wildman–Crippen MR) is 115 cm³/mol. The summed E-state index contributed by atoms with van der Waals surface area (Å²) in [4.78, 5) is 11.9. The van der Waals surface area contributed by atoms with Gasteiger partial charge in [0.2, 0.25) is 10.0 Å². The van der Waals surface area contributed by atoms with Crippen LogP contribution in [-0.2, 0) is 16.6 Å². The van der Waals surface area contributed by atoms with Gasteiger partial charge in [-0.2, -0.15) is 0 Å². The third kappa shape index (κ3) is 5.37. The first-order valence-electron chi connectivity index (χ1n) is 9.32. The molecular weight excluding hydrogens is 408 g/mol. The van der Waals surface area contributed by atoms with Crippen molar-refractivity contribution < 1.29 is 8.42 Å². The van der Waals surface area contributed by atoms with Crippen LogP contribution in [-0.4, -0.2) is 28.9 Å². The van der Waals surface area contributed by atoms with Gasteiger partial charge in [-0.15, -0.1) is 5.10 Å². The van der Waals surface area contributed by atoms with Gasteiger partial charge < -0.3 is 0 Å². The first-order chi connectivity index (χ1) is 13.9. The second-order valence-corrected chi connectivity index (χ2v) is 9.37. The van der Waals surface area contributed by atoms with Gasteiger partial charge in [0.25, 0.3) is 0 Å². The summed E-state index contributed by atoms with van der Waals surface area (Å²) in [5, 5.41) is 7.09. The highest BCUT2D eigenvalue weighted by molar-refractivity contribution is 7.99. The van der Waals surface area contributed by atoms with Crippen molar-refractivity contribution in [3.8, 4) is 0 Å². The third-order valence-electron chi connectivity index (χ3n) is 4.51. The quantitative estimate of drug-likeness (QED) is 0.507. The van der Waals surface area contributed by atoms with E-state index in [9.17, 15) is 13.2 Å². The summed E-state index contributed by atoms with van der Waals surface area (Å²) in [5.74, 6) is 0.597. The molecule has 0 bridgehead atoms. The van der Waals surface area contributed by atoms with Crippen molar-refractivity contribution in [3.05, 3.63) is 76.2 Å². The molecule has 1 atom stereocenters. The van der Waals surface area contributed by atoms with Gasteiger partial charge in [-0.1, -0.05) is 59.8 Å². The van der Waals surface area contributed by atoms with Crippen LogP contribution in [0.4, 0.5) is 0 Å². The molecule has 1 unspecified atom stereocenters. The maximum atomic E-state index is 12.9. The molecule has 3 aromatic rings. The molecule has 0 radical (unpaired) electrons. The van der Waals surface area contributed by atoms with Crippen molar-refractivity contribution in [2.24, 2.45) is 0 Å². The Morgan fingerprint density at radius 3 is 2.48 bits per heavy atom. The Balaban J connectivity index is 1.76. The number of hydrogen-bond donors (Lipinski definition) is 2. The lowest BCUT2D eigenvalue weighted by atomic mass is 10.1. The van der Waals surface area contributed by atoms with Crippen LogP contribution in [0.2, 0.25) is 0 Å². The van der Waals surface area contributed by atoms with Crippen LogP contribution in [0.25, 0.3) is 0 Å². The Hall–Kier alpha value is -2.36. The molecule has 1 heterocycles. The highest BCUT2D eigenvalue weighted by Crippen LogP contribution is 2.24. The molecule has 0 fully saturated rings. The van der Waals surface area contributed by atoms with E-state index in [1.165, 1.54) is 11.8 Å². The van der Waals surface area contributed by atoms with E-state index in [0.29, 0.717) is 23.9 Å². The number of aromatic amines is 1. The Bertz CT molecular complexity index is 1090. The van der Waals surface area contributed by atoms with Crippen molar-refractivity contribution >= 4 is 21.8 Å². The molecule has 3 rings (SSSR count). The van der Waals surface area contributed by atoms with Crippen molar-refractivity contribution in [1.82, 2.24) is 19.5 Å².